The Kier molecular flexibility index (Phi) is 4.10. The van der Waals surface area contributed by atoms with Crippen molar-refractivity contribution in [1.82, 2.24) is 15.3 Å². The molecule has 2 fully saturated rings. The molecular formula is C13H20N4O2. The van der Waals surface area contributed by atoms with Crippen LogP contribution >= 0.6 is 0 Å². The molecule has 0 spiro atoms. The Balaban J connectivity index is 1.58. The van der Waals surface area contributed by atoms with Crippen molar-refractivity contribution in [2.45, 2.75) is 18.9 Å². The largest absolute Gasteiger partial charge is 0.474 e. The summed E-state index contributed by atoms with van der Waals surface area (Å²) < 4.78 is 11.2. The highest BCUT2D eigenvalue weighted by Gasteiger charge is 2.17. The molecule has 104 valence electrons. The van der Waals surface area contributed by atoms with Gasteiger partial charge in [-0.25, -0.2) is 0 Å². The van der Waals surface area contributed by atoms with Crippen LogP contribution in [0.2, 0.25) is 0 Å². The second kappa shape index (κ2) is 6.16. The Morgan fingerprint density at radius 1 is 1.37 bits per heavy atom. The molecule has 0 saturated carbocycles. The Morgan fingerprint density at radius 2 is 2.26 bits per heavy atom. The molecule has 1 N–H and O–H groups in total. The van der Waals surface area contributed by atoms with Crippen LogP contribution < -0.4 is 15.0 Å². The lowest BCUT2D eigenvalue weighted by Gasteiger charge is -2.28. The van der Waals surface area contributed by atoms with Crippen molar-refractivity contribution in [3.63, 3.8) is 0 Å². The predicted molar refractivity (Wildman–Crippen MR) is 71.6 cm³/mol. The van der Waals surface area contributed by atoms with Gasteiger partial charge >= 0.3 is 0 Å². The summed E-state index contributed by atoms with van der Waals surface area (Å²) >= 11 is 0. The Bertz CT molecular complexity index is 403. The first kappa shape index (κ1) is 12.6. The lowest BCUT2D eigenvalue weighted by atomic mass is 10.2. The van der Waals surface area contributed by atoms with E-state index in [0.29, 0.717) is 12.5 Å². The average molecular weight is 264 g/mol. The maximum Gasteiger partial charge on any atom is 0.234 e. The van der Waals surface area contributed by atoms with E-state index in [1.807, 2.05) is 0 Å². The molecule has 2 saturated heterocycles. The van der Waals surface area contributed by atoms with Gasteiger partial charge in [0.2, 0.25) is 5.88 Å². The molecule has 3 rings (SSSR count). The molecule has 2 aliphatic heterocycles. The summed E-state index contributed by atoms with van der Waals surface area (Å²) in [5.41, 5.74) is 0. The zero-order chi connectivity index (χ0) is 12.9. The summed E-state index contributed by atoms with van der Waals surface area (Å²) in [4.78, 5) is 11.0. The number of anilines is 1. The molecule has 0 bridgehead atoms. The number of nitrogens with zero attached hydrogens (tertiary/aromatic N) is 3. The van der Waals surface area contributed by atoms with Gasteiger partial charge in [0.25, 0.3) is 0 Å². The third-order valence-electron chi connectivity index (χ3n) is 3.48. The van der Waals surface area contributed by atoms with Crippen LogP contribution in [-0.2, 0) is 4.74 Å². The third-order valence-corrected chi connectivity index (χ3v) is 3.48. The van der Waals surface area contributed by atoms with Gasteiger partial charge in [0.1, 0.15) is 6.61 Å². The van der Waals surface area contributed by atoms with Crippen molar-refractivity contribution in [1.29, 1.82) is 0 Å². The van der Waals surface area contributed by atoms with Crippen LogP contribution in [0.5, 0.6) is 5.88 Å². The molecule has 0 aliphatic carbocycles. The zero-order valence-corrected chi connectivity index (χ0v) is 11.0. The average Bonchev–Trinajstić information content (AvgIpc) is 3.00. The third kappa shape index (κ3) is 3.33. The number of nitrogens with one attached hydrogen (secondary N) is 1. The normalized spacial score (nSPS) is 23.6. The van der Waals surface area contributed by atoms with Crippen molar-refractivity contribution in [2.75, 3.05) is 44.3 Å². The number of rotatable bonds is 4. The van der Waals surface area contributed by atoms with Crippen LogP contribution in [-0.4, -0.2) is 55.5 Å². The lowest BCUT2D eigenvalue weighted by molar-refractivity contribution is 0.0662. The molecule has 6 nitrogen and oxygen atoms in total. The van der Waals surface area contributed by atoms with E-state index in [1.165, 1.54) is 0 Å². The van der Waals surface area contributed by atoms with Gasteiger partial charge in [0.15, 0.2) is 5.82 Å². The first-order valence-corrected chi connectivity index (χ1v) is 6.94. The van der Waals surface area contributed by atoms with Crippen molar-refractivity contribution >= 4 is 5.82 Å². The fourth-order valence-electron chi connectivity index (χ4n) is 2.41. The van der Waals surface area contributed by atoms with Crippen LogP contribution in [0.1, 0.15) is 12.8 Å². The Hall–Kier alpha value is -1.40. The highest BCUT2D eigenvalue weighted by atomic mass is 16.5. The topological polar surface area (TPSA) is 59.5 Å². The van der Waals surface area contributed by atoms with Crippen LogP contribution in [0.25, 0.3) is 0 Å². The molecule has 0 amide bonds. The van der Waals surface area contributed by atoms with E-state index in [2.05, 4.69) is 20.2 Å². The van der Waals surface area contributed by atoms with Crippen LogP contribution in [0, 0.1) is 0 Å². The van der Waals surface area contributed by atoms with Crippen molar-refractivity contribution < 1.29 is 9.47 Å². The molecule has 1 aromatic rings. The Labute approximate surface area is 113 Å². The summed E-state index contributed by atoms with van der Waals surface area (Å²) in [6, 6.07) is 0. The van der Waals surface area contributed by atoms with E-state index in [0.717, 1.165) is 51.4 Å². The van der Waals surface area contributed by atoms with Crippen LogP contribution in [0.4, 0.5) is 5.82 Å². The van der Waals surface area contributed by atoms with E-state index in [4.69, 9.17) is 9.47 Å². The first-order chi connectivity index (χ1) is 9.42. The lowest BCUT2D eigenvalue weighted by Crippen LogP contribution is -2.43. The second-order valence-corrected chi connectivity index (χ2v) is 4.90. The summed E-state index contributed by atoms with van der Waals surface area (Å²) in [6.45, 7) is 5.32. The fourth-order valence-corrected chi connectivity index (χ4v) is 2.41. The zero-order valence-electron chi connectivity index (χ0n) is 11.0. The molecule has 6 heteroatoms. The molecule has 2 aliphatic rings. The van der Waals surface area contributed by atoms with Gasteiger partial charge in [0.05, 0.1) is 18.5 Å². The second-order valence-electron chi connectivity index (χ2n) is 4.90. The van der Waals surface area contributed by atoms with Crippen molar-refractivity contribution in [2.24, 2.45) is 0 Å². The van der Waals surface area contributed by atoms with Crippen molar-refractivity contribution in [3.05, 3.63) is 12.4 Å². The molecule has 0 radical (unpaired) electrons. The minimum atomic E-state index is 0.213. The van der Waals surface area contributed by atoms with Gasteiger partial charge in [-0.2, -0.15) is 4.98 Å². The minimum absolute atomic E-state index is 0.213. The molecule has 19 heavy (non-hydrogen) atoms. The minimum Gasteiger partial charge on any atom is -0.474 e. The highest BCUT2D eigenvalue weighted by Crippen LogP contribution is 2.17. The SMILES string of the molecule is c1ncc(N2CCNCC2)nc1OCC1CCCO1. The van der Waals surface area contributed by atoms with E-state index in [9.17, 15) is 0 Å². The van der Waals surface area contributed by atoms with Crippen LogP contribution in [0.3, 0.4) is 0 Å². The smallest absolute Gasteiger partial charge is 0.234 e. The summed E-state index contributed by atoms with van der Waals surface area (Å²) in [5, 5.41) is 3.32. The molecule has 1 unspecified atom stereocenters. The van der Waals surface area contributed by atoms with Crippen LogP contribution in [0.15, 0.2) is 12.4 Å². The number of hydrogen-bond acceptors (Lipinski definition) is 6. The predicted octanol–water partition coefficient (Wildman–Crippen LogP) is 0.444. The van der Waals surface area contributed by atoms with E-state index in [1.54, 1.807) is 12.4 Å². The van der Waals surface area contributed by atoms with Gasteiger partial charge in [0, 0.05) is 32.8 Å². The number of piperazine rings is 1. The first-order valence-electron chi connectivity index (χ1n) is 6.94. The number of hydrogen-bond donors (Lipinski definition) is 1. The summed E-state index contributed by atoms with van der Waals surface area (Å²) in [5.74, 6) is 1.48. The van der Waals surface area contributed by atoms with E-state index < -0.39 is 0 Å². The molecular weight excluding hydrogens is 244 g/mol. The van der Waals surface area contributed by atoms with Crippen molar-refractivity contribution in [3.8, 4) is 5.88 Å². The standard InChI is InChI=1S/C13H20N4O2/c1-2-11(18-7-1)10-19-13-9-15-8-12(16-13)17-5-3-14-4-6-17/h8-9,11,14H,1-7,10H2. The van der Waals surface area contributed by atoms with Gasteiger partial charge in [-0.05, 0) is 12.8 Å². The summed E-state index contributed by atoms with van der Waals surface area (Å²) in [6.07, 6.45) is 5.88. The number of aromatic nitrogens is 2. The fraction of sp³-hybridized carbons (Fsp3) is 0.692. The molecule has 0 aromatic carbocycles. The van der Waals surface area contributed by atoms with E-state index in [-0.39, 0.29) is 6.10 Å². The molecule has 1 atom stereocenters. The number of ether oxygens (including phenoxy) is 2. The maximum absolute atomic E-state index is 5.68. The van der Waals surface area contributed by atoms with Gasteiger partial charge in [-0.15, -0.1) is 0 Å². The molecule has 3 heterocycles. The monoisotopic (exact) mass is 264 g/mol. The summed E-state index contributed by atoms with van der Waals surface area (Å²) in [7, 11) is 0. The highest BCUT2D eigenvalue weighted by molar-refractivity contribution is 5.38. The van der Waals surface area contributed by atoms with E-state index >= 15 is 0 Å². The van der Waals surface area contributed by atoms with Gasteiger partial charge in [-0.1, -0.05) is 0 Å². The maximum atomic E-state index is 5.68. The molecule has 1 aromatic heterocycles. The van der Waals surface area contributed by atoms with Gasteiger partial charge < -0.3 is 19.7 Å². The quantitative estimate of drug-likeness (QED) is 0.852. The Morgan fingerprint density at radius 3 is 3.05 bits per heavy atom. The van der Waals surface area contributed by atoms with Gasteiger partial charge in [-0.3, -0.25) is 4.98 Å².